The van der Waals surface area contributed by atoms with E-state index in [9.17, 15) is 14.7 Å². The lowest BCUT2D eigenvalue weighted by molar-refractivity contribution is -0.120. The zero-order valence-electron chi connectivity index (χ0n) is 13.3. The van der Waals surface area contributed by atoms with Crippen LogP contribution in [0.3, 0.4) is 0 Å². The Labute approximate surface area is 126 Å². The highest BCUT2D eigenvalue weighted by Gasteiger charge is 2.20. The van der Waals surface area contributed by atoms with Crippen molar-refractivity contribution in [1.29, 1.82) is 0 Å². The minimum Gasteiger partial charge on any atom is -0.478 e. The lowest BCUT2D eigenvalue weighted by atomic mass is 9.96. The molecule has 4 nitrogen and oxygen atoms in total. The van der Waals surface area contributed by atoms with Gasteiger partial charge in [-0.1, -0.05) is 32.8 Å². The minimum atomic E-state index is -1.01. The first-order valence-electron chi connectivity index (χ1n) is 7.56. The van der Waals surface area contributed by atoms with Gasteiger partial charge in [0.15, 0.2) is 0 Å². The Bertz CT molecular complexity index is 517. The van der Waals surface area contributed by atoms with E-state index >= 15 is 0 Å². The summed E-state index contributed by atoms with van der Waals surface area (Å²) in [5.74, 6) is -1.14. The molecule has 0 bridgehead atoms. The van der Waals surface area contributed by atoms with Crippen molar-refractivity contribution in [3.63, 3.8) is 0 Å². The van der Waals surface area contributed by atoms with Crippen molar-refractivity contribution in [3.8, 4) is 0 Å². The zero-order valence-corrected chi connectivity index (χ0v) is 13.3. The molecule has 1 aromatic carbocycles. The van der Waals surface area contributed by atoms with E-state index in [0.29, 0.717) is 5.69 Å². The smallest absolute Gasteiger partial charge is 0.337 e. The van der Waals surface area contributed by atoms with Crippen LogP contribution in [0.25, 0.3) is 0 Å². The normalized spacial score (nSPS) is 10.7. The second-order valence-corrected chi connectivity index (χ2v) is 5.57. The number of anilines is 1. The number of hydrogen-bond acceptors (Lipinski definition) is 2. The van der Waals surface area contributed by atoms with Crippen LogP contribution in [0.1, 0.15) is 61.0 Å². The molecule has 116 valence electrons. The molecule has 0 fully saturated rings. The van der Waals surface area contributed by atoms with Gasteiger partial charge in [-0.25, -0.2) is 4.79 Å². The molecule has 0 saturated heterocycles. The molecule has 0 aliphatic carbocycles. The van der Waals surface area contributed by atoms with E-state index in [4.69, 9.17) is 0 Å². The molecule has 0 spiro atoms. The molecule has 1 amide bonds. The third kappa shape index (κ3) is 4.59. The van der Waals surface area contributed by atoms with Crippen LogP contribution in [0.5, 0.6) is 0 Å². The molecule has 1 aromatic rings. The molecule has 0 aromatic heterocycles. The Morgan fingerprint density at radius 2 is 1.71 bits per heavy atom. The van der Waals surface area contributed by atoms with Gasteiger partial charge in [0.2, 0.25) is 5.91 Å². The first-order valence-corrected chi connectivity index (χ1v) is 7.56. The highest BCUT2D eigenvalue weighted by Crippen LogP contribution is 2.25. The Balaban J connectivity index is 3.06. The molecule has 0 saturated carbocycles. The minimum absolute atomic E-state index is 0.0534. The summed E-state index contributed by atoms with van der Waals surface area (Å²) in [5.41, 5.74) is 2.25. The summed E-state index contributed by atoms with van der Waals surface area (Å²) in [5, 5.41) is 12.2. The van der Waals surface area contributed by atoms with Gasteiger partial charge in [0.1, 0.15) is 0 Å². The average Bonchev–Trinajstić information content (AvgIpc) is 2.40. The van der Waals surface area contributed by atoms with Gasteiger partial charge in [0, 0.05) is 5.92 Å². The number of nitrogens with one attached hydrogen (secondary N) is 1. The lowest BCUT2D eigenvalue weighted by Gasteiger charge is -2.18. The van der Waals surface area contributed by atoms with Crippen LogP contribution in [0, 0.1) is 19.8 Å². The number of benzene rings is 1. The van der Waals surface area contributed by atoms with E-state index in [2.05, 4.69) is 19.2 Å². The van der Waals surface area contributed by atoms with Gasteiger partial charge in [-0.3, -0.25) is 4.79 Å². The second kappa shape index (κ2) is 7.81. The maximum Gasteiger partial charge on any atom is 0.337 e. The monoisotopic (exact) mass is 291 g/mol. The van der Waals surface area contributed by atoms with Crippen LogP contribution >= 0.6 is 0 Å². The van der Waals surface area contributed by atoms with E-state index in [1.165, 1.54) is 0 Å². The number of aromatic carboxylic acids is 1. The molecule has 0 radical (unpaired) electrons. The largest absolute Gasteiger partial charge is 0.478 e. The van der Waals surface area contributed by atoms with E-state index in [1.54, 1.807) is 6.07 Å². The predicted molar refractivity (Wildman–Crippen MR) is 84.8 cm³/mol. The fraction of sp³-hybridized carbons (Fsp3) is 0.529. The van der Waals surface area contributed by atoms with E-state index < -0.39 is 5.97 Å². The highest BCUT2D eigenvalue weighted by atomic mass is 16.4. The van der Waals surface area contributed by atoms with Gasteiger partial charge >= 0.3 is 5.97 Å². The van der Waals surface area contributed by atoms with Crippen molar-refractivity contribution in [1.82, 2.24) is 0 Å². The van der Waals surface area contributed by atoms with Gasteiger partial charge in [-0.2, -0.15) is 0 Å². The Morgan fingerprint density at radius 1 is 1.14 bits per heavy atom. The van der Waals surface area contributed by atoms with Gasteiger partial charge in [0.05, 0.1) is 11.3 Å². The first-order chi connectivity index (χ1) is 9.90. The average molecular weight is 291 g/mol. The van der Waals surface area contributed by atoms with Crippen molar-refractivity contribution in [3.05, 3.63) is 28.8 Å². The van der Waals surface area contributed by atoms with Crippen LogP contribution < -0.4 is 5.32 Å². The number of hydrogen-bond donors (Lipinski definition) is 2. The summed E-state index contributed by atoms with van der Waals surface area (Å²) in [6.07, 6.45) is 3.54. The van der Waals surface area contributed by atoms with Crippen LogP contribution in [-0.2, 0) is 4.79 Å². The Kier molecular flexibility index (Phi) is 6.40. The highest BCUT2D eigenvalue weighted by molar-refractivity contribution is 6.02. The van der Waals surface area contributed by atoms with Gasteiger partial charge in [-0.15, -0.1) is 0 Å². The molecular formula is C17H25NO3. The van der Waals surface area contributed by atoms with Gasteiger partial charge in [0.25, 0.3) is 0 Å². The van der Waals surface area contributed by atoms with Crippen LogP contribution in [0.15, 0.2) is 12.1 Å². The topological polar surface area (TPSA) is 66.4 Å². The SMILES string of the molecule is CCCC(CCC)C(=O)Nc1c(C)cc(C)cc1C(=O)O. The summed E-state index contributed by atoms with van der Waals surface area (Å²) in [6.45, 7) is 7.78. The van der Waals surface area contributed by atoms with Crippen molar-refractivity contribution >= 4 is 17.6 Å². The Hall–Kier alpha value is -1.84. The number of rotatable bonds is 7. The van der Waals surface area contributed by atoms with E-state index in [1.807, 2.05) is 19.9 Å². The second-order valence-electron chi connectivity index (χ2n) is 5.57. The quantitative estimate of drug-likeness (QED) is 0.792. The summed E-state index contributed by atoms with van der Waals surface area (Å²) in [4.78, 5) is 23.8. The molecule has 1 rings (SSSR count). The fourth-order valence-corrected chi connectivity index (χ4v) is 2.63. The number of amides is 1. The number of carbonyl (C=O) groups is 2. The molecule has 4 heteroatoms. The van der Waals surface area contributed by atoms with Gasteiger partial charge in [-0.05, 0) is 43.9 Å². The fourth-order valence-electron chi connectivity index (χ4n) is 2.63. The lowest BCUT2D eigenvalue weighted by Crippen LogP contribution is -2.24. The first kappa shape index (κ1) is 17.2. The number of carboxylic acid groups (broad SMARTS) is 1. The summed E-state index contributed by atoms with van der Waals surface area (Å²) in [7, 11) is 0. The molecular weight excluding hydrogens is 266 g/mol. The van der Waals surface area contributed by atoms with E-state index in [0.717, 1.165) is 36.8 Å². The van der Waals surface area contributed by atoms with Gasteiger partial charge < -0.3 is 10.4 Å². The van der Waals surface area contributed by atoms with Crippen molar-refractivity contribution in [2.75, 3.05) is 5.32 Å². The summed E-state index contributed by atoms with van der Waals surface area (Å²) >= 11 is 0. The molecule has 0 aliphatic heterocycles. The van der Waals surface area contributed by atoms with Crippen molar-refractivity contribution in [2.24, 2.45) is 5.92 Å². The molecule has 2 N–H and O–H groups in total. The van der Waals surface area contributed by atoms with Crippen LogP contribution in [-0.4, -0.2) is 17.0 Å². The molecule has 0 aliphatic rings. The van der Waals surface area contributed by atoms with Crippen molar-refractivity contribution in [2.45, 2.75) is 53.4 Å². The maximum atomic E-state index is 12.4. The predicted octanol–water partition coefficient (Wildman–Crippen LogP) is 4.16. The molecule has 0 atom stereocenters. The summed E-state index contributed by atoms with van der Waals surface area (Å²) in [6, 6.07) is 3.48. The third-order valence-electron chi connectivity index (χ3n) is 3.60. The number of carboxylic acids is 1. The standard InChI is InChI=1S/C17H25NO3/c1-5-7-13(8-6-2)16(19)18-15-12(4)9-11(3)10-14(15)17(20)21/h9-10,13H,5-8H2,1-4H3,(H,18,19)(H,20,21). The van der Waals surface area contributed by atoms with E-state index in [-0.39, 0.29) is 17.4 Å². The Morgan fingerprint density at radius 3 is 2.19 bits per heavy atom. The van der Waals surface area contributed by atoms with Crippen LogP contribution in [0.4, 0.5) is 5.69 Å². The number of aryl methyl sites for hydroxylation is 2. The summed E-state index contributed by atoms with van der Waals surface area (Å²) < 4.78 is 0. The molecule has 0 unspecified atom stereocenters. The van der Waals surface area contributed by atoms with Crippen LogP contribution in [0.2, 0.25) is 0 Å². The number of carbonyl (C=O) groups excluding carboxylic acids is 1. The zero-order chi connectivity index (χ0) is 16.0. The molecule has 0 heterocycles. The molecule has 21 heavy (non-hydrogen) atoms. The maximum absolute atomic E-state index is 12.4. The third-order valence-corrected chi connectivity index (χ3v) is 3.60. The van der Waals surface area contributed by atoms with Crippen molar-refractivity contribution < 1.29 is 14.7 Å².